The molecule has 0 saturated carbocycles. The molecular weight excluding hydrogens is 399 g/mol. The molecule has 2 amide bonds. The van der Waals surface area contributed by atoms with E-state index in [0.29, 0.717) is 12.2 Å². The van der Waals surface area contributed by atoms with E-state index in [2.05, 4.69) is 27.3 Å². The fourth-order valence-corrected chi connectivity index (χ4v) is 4.30. The Labute approximate surface area is 181 Å². The summed E-state index contributed by atoms with van der Waals surface area (Å²) in [5.74, 6) is -1.06. The number of hydrogen-bond donors (Lipinski definition) is 1. The maximum atomic E-state index is 14.1. The molecule has 0 bridgehead atoms. The Morgan fingerprint density at radius 1 is 1.23 bits per heavy atom. The summed E-state index contributed by atoms with van der Waals surface area (Å²) < 4.78 is 15.7. The van der Waals surface area contributed by atoms with Crippen LogP contribution in [-0.4, -0.2) is 66.3 Å². The van der Waals surface area contributed by atoms with Gasteiger partial charge in [-0.15, -0.1) is 0 Å². The van der Waals surface area contributed by atoms with Crippen LogP contribution in [0.5, 0.6) is 0 Å². The number of likely N-dealkylation sites (N-methyl/N-ethyl adjacent to an activating group) is 1. The van der Waals surface area contributed by atoms with Crippen LogP contribution in [0.25, 0.3) is 0 Å². The molecule has 0 radical (unpaired) electrons. The van der Waals surface area contributed by atoms with Crippen molar-refractivity contribution in [3.63, 3.8) is 0 Å². The number of carbonyl (C=O) groups excluding carboxylic acids is 2. The molecule has 2 aliphatic rings. The lowest BCUT2D eigenvalue weighted by atomic mass is 10.0. The minimum atomic E-state index is -0.448. The molecule has 166 valence electrons. The predicted octanol–water partition coefficient (Wildman–Crippen LogP) is 1.54. The van der Waals surface area contributed by atoms with Gasteiger partial charge in [-0.2, -0.15) is 5.10 Å². The van der Waals surface area contributed by atoms with Crippen molar-refractivity contribution in [1.82, 2.24) is 20.0 Å². The van der Waals surface area contributed by atoms with E-state index in [1.807, 2.05) is 6.92 Å². The van der Waals surface area contributed by atoms with E-state index in [9.17, 15) is 14.0 Å². The Morgan fingerprint density at radius 3 is 2.65 bits per heavy atom. The number of nitrogens with zero attached hydrogens (tertiary/aromatic N) is 5. The highest BCUT2D eigenvalue weighted by molar-refractivity contribution is 6.00. The summed E-state index contributed by atoms with van der Waals surface area (Å²) >= 11 is 0. The topological polar surface area (TPSA) is 73.7 Å². The monoisotopic (exact) mass is 428 g/mol. The highest BCUT2D eigenvalue weighted by Crippen LogP contribution is 2.30. The fraction of sp³-hybridized carbons (Fsp3) is 0.500. The summed E-state index contributed by atoms with van der Waals surface area (Å²) in [7, 11) is 3.87. The summed E-state index contributed by atoms with van der Waals surface area (Å²) in [4.78, 5) is 31.5. The van der Waals surface area contributed by atoms with E-state index in [4.69, 9.17) is 0 Å². The third-order valence-corrected chi connectivity index (χ3v) is 6.16. The molecule has 1 N–H and O–H groups in total. The molecule has 2 unspecified atom stereocenters. The van der Waals surface area contributed by atoms with Crippen LogP contribution < -0.4 is 15.1 Å². The number of benzene rings is 1. The second kappa shape index (κ2) is 8.66. The minimum absolute atomic E-state index is 0.0929. The highest BCUT2D eigenvalue weighted by atomic mass is 19.1. The Bertz CT molecular complexity index is 969. The zero-order valence-electron chi connectivity index (χ0n) is 18.2. The van der Waals surface area contributed by atoms with Crippen molar-refractivity contribution in [2.45, 2.75) is 19.4 Å². The van der Waals surface area contributed by atoms with Crippen LogP contribution >= 0.6 is 0 Å². The third kappa shape index (κ3) is 4.56. The first kappa shape index (κ1) is 21.3. The summed E-state index contributed by atoms with van der Waals surface area (Å²) in [6.45, 7) is 5.76. The van der Waals surface area contributed by atoms with Gasteiger partial charge in [0.15, 0.2) is 0 Å². The standard InChI is InChI=1S/C22H29FN6O2/c1-15(19-11-17(23)4-5-20(19)28-8-6-26(2)7-9-28)25-22(31)16-10-21(30)29(13-16)18-12-24-27(3)14-18/h4-5,11-12,14-16H,6-10,13H2,1-3H3,(H,25,31). The molecule has 4 rings (SSSR count). The number of halogens is 1. The second-order valence-corrected chi connectivity index (χ2v) is 8.50. The average Bonchev–Trinajstić information content (AvgIpc) is 3.34. The summed E-state index contributed by atoms with van der Waals surface area (Å²) in [5, 5.41) is 7.11. The van der Waals surface area contributed by atoms with Crippen molar-refractivity contribution in [2.24, 2.45) is 13.0 Å². The van der Waals surface area contributed by atoms with Crippen molar-refractivity contribution in [1.29, 1.82) is 0 Å². The minimum Gasteiger partial charge on any atom is -0.369 e. The Kier molecular flexibility index (Phi) is 5.95. The lowest BCUT2D eigenvalue weighted by Crippen LogP contribution is -2.45. The predicted molar refractivity (Wildman–Crippen MR) is 116 cm³/mol. The highest BCUT2D eigenvalue weighted by Gasteiger charge is 2.36. The number of aromatic nitrogens is 2. The zero-order valence-corrected chi connectivity index (χ0v) is 18.2. The summed E-state index contributed by atoms with van der Waals surface area (Å²) in [5.41, 5.74) is 2.39. The largest absolute Gasteiger partial charge is 0.369 e. The number of rotatable bonds is 5. The third-order valence-electron chi connectivity index (χ3n) is 6.16. The van der Waals surface area contributed by atoms with Gasteiger partial charge in [-0.3, -0.25) is 14.3 Å². The fourth-order valence-electron chi connectivity index (χ4n) is 4.30. The van der Waals surface area contributed by atoms with Gasteiger partial charge in [0.05, 0.1) is 23.8 Å². The van der Waals surface area contributed by atoms with Crippen LogP contribution in [0.4, 0.5) is 15.8 Å². The van der Waals surface area contributed by atoms with Crippen LogP contribution in [-0.2, 0) is 16.6 Å². The van der Waals surface area contributed by atoms with Crippen molar-refractivity contribution in [3.8, 4) is 0 Å². The molecule has 2 atom stereocenters. The number of aryl methyl sites for hydroxylation is 1. The van der Waals surface area contributed by atoms with Crippen molar-refractivity contribution >= 4 is 23.2 Å². The molecule has 0 aliphatic carbocycles. The maximum absolute atomic E-state index is 14.1. The maximum Gasteiger partial charge on any atom is 0.227 e. The van der Waals surface area contributed by atoms with Crippen molar-refractivity contribution < 1.29 is 14.0 Å². The number of nitrogens with one attached hydrogen (secondary N) is 1. The number of hydrogen-bond acceptors (Lipinski definition) is 5. The van der Waals surface area contributed by atoms with Crippen molar-refractivity contribution in [2.75, 3.05) is 49.6 Å². The van der Waals surface area contributed by atoms with Gasteiger partial charge in [0.1, 0.15) is 5.82 Å². The van der Waals surface area contributed by atoms with E-state index in [-0.39, 0.29) is 30.1 Å². The van der Waals surface area contributed by atoms with Gasteiger partial charge in [-0.1, -0.05) is 0 Å². The number of anilines is 2. The van der Waals surface area contributed by atoms with Crippen LogP contribution in [0.15, 0.2) is 30.6 Å². The molecule has 8 nitrogen and oxygen atoms in total. The molecule has 3 heterocycles. The van der Waals surface area contributed by atoms with E-state index >= 15 is 0 Å². The first-order chi connectivity index (χ1) is 14.8. The molecule has 9 heteroatoms. The van der Waals surface area contributed by atoms with Gasteiger partial charge in [-0.25, -0.2) is 4.39 Å². The first-order valence-electron chi connectivity index (χ1n) is 10.6. The normalized spacial score (nSPS) is 20.9. The molecule has 2 aromatic rings. The number of carbonyl (C=O) groups is 2. The van der Waals surface area contributed by atoms with E-state index < -0.39 is 5.92 Å². The average molecular weight is 429 g/mol. The van der Waals surface area contributed by atoms with Gasteiger partial charge >= 0.3 is 0 Å². The summed E-state index contributed by atoms with van der Waals surface area (Å²) in [6, 6.07) is 4.38. The van der Waals surface area contributed by atoms with E-state index in [1.165, 1.54) is 12.1 Å². The number of amides is 2. The molecule has 2 saturated heterocycles. The van der Waals surface area contributed by atoms with Crippen LogP contribution in [0, 0.1) is 11.7 Å². The number of piperazine rings is 1. The Morgan fingerprint density at radius 2 is 1.97 bits per heavy atom. The SMILES string of the molecule is CC(NC(=O)C1CC(=O)N(c2cnn(C)c2)C1)c1cc(F)ccc1N1CCN(C)CC1. The Hall–Kier alpha value is -2.94. The lowest BCUT2D eigenvalue weighted by molar-refractivity contribution is -0.126. The van der Waals surface area contributed by atoms with Gasteiger partial charge in [0, 0.05) is 63.6 Å². The molecule has 2 fully saturated rings. The second-order valence-electron chi connectivity index (χ2n) is 8.50. The molecular formula is C22H29FN6O2. The molecule has 1 aromatic carbocycles. The summed E-state index contributed by atoms with van der Waals surface area (Å²) in [6.07, 6.45) is 3.54. The van der Waals surface area contributed by atoms with Gasteiger partial charge in [0.2, 0.25) is 11.8 Å². The van der Waals surface area contributed by atoms with E-state index in [1.54, 1.807) is 35.1 Å². The Balaban J connectivity index is 1.46. The molecule has 1 aromatic heterocycles. The molecule has 0 spiro atoms. The zero-order chi connectivity index (χ0) is 22.1. The van der Waals surface area contributed by atoms with Gasteiger partial charge < -0.3 is 20.0 Å². The van der Waals surface area contributed by atoms with Gasteiger partial charge in [0.25, 0.3) is 0 Å². The molecule has 31 heavy (non-hydrogen) atoms. The van der Waals surface area contributed by atoms with Crippen LogP contribution in [0.3, 0.4) is 0 Å². The van der Waals surface area contributed by atoms with E-state index in [0.717, 1.165) is 37.4 Å². The van der Waals surface area contributed by atoms with Crippen LogP contribution in [0.2, 0.25) is 0 Å². The molecule has 2 aliphatic heterocycles. The quantitative estimate of drug-likeness (QED) is 0.782. The smallest absolute Gasteiger partial charge is 0.227 e. The van der Waals surface area contributed by atoms with Crippen molar-refractivity contribution in [3.05, 3.63) is 42.0 Å². The van der Waals surface area contributed by atoms with Gasteiger partial charge in [-0.05, 0) is 32.2 Å². The lowest BCUT2D eigenvalue weighted by Gasteiger charge is -2.36. The van der Waals surface area contributed by atoms with Crippen LogP contribution in [0.1, 0.15) is 24.9 Å². The first-order valence-corrected chi connectivity index (χ1v) is 10.6.